The Bertz CT molecular complexity index is 1350. The Morgan fingerprint density at radius 2 is 1.72 bits per heavy atom. The van der Waals surface area contributed by atoms with Gasteiger partial charge in [-0.2, -0.15) is 0 Å². The van der Waals surface area contributed by atoms with E-state index in [2.05, 4.69) is 5.10 Å². The second kappa shape index (κ2) is 7.64. The topological polar surface area (TPSA) is 97.2 Å². The average molecular weight is 430 g/mol. The van der Waals surface area contributed by atoms with Gasteiger partial charge in [-0.05, 0) is 36.6 Å². The van der Waals surface area contributed by atoms with E-state index < -0.39 is 29.3 Å². The van der Waals surface area contributed by atoms with E-state index >= 15 is 0 Å². The van der Waals surface area contributed by atoms with Crippen molar-refractivity contribution in [1.82, 2.24) is 14.3 Å². The molecule has 1 aromatic heterocycles. The molecule has 162 valence electrons. The highest BCUT2D eigenvalue weighted by Crippen LogP contribution is 2.39. The van der Waals surface area contributed by atoms with Gasteiger partial charge in [0.15, 0.2) is 0 Å². The number of hydrogen-bond acceptors (Lipinski definition) is 4. The maximum atomic E-state index is 13.1. The summed E-state index contributed by atoms with van der Waals surface area (Å²) in [5, 5.41) is 2.61. The van der Waals surface area contributed by atoms with Gasteiger partial charge in [-0.25, -0.2) is 28.8 Å². The minimum atomic E-state index is -0.578. The molecule has 2 heterocycles. The number of fused-ring (bicyclic) bond motifs is 1. The van der Waals surface area contributed by atoms with Crippen LogP contribution >= 0.6 is 0 Å². The van der Waals surface area contributed by atoms with Crippen molar-refractivity contribution < 1.29 is 9.59 Å². The average Bonchev–Trinajstić information content (AvgIpc) is 3.21. The number of nitrogens with zero attached hydrogens (tertiary/aromatic N) is 3. The summed E-state index contributed by atoms with van der Waals surface area (Å²) in [7, 11) is 0. The predicted octanol–water partition coefficient (Wildman–Crippen LogP) is 2.00. The third-order valence-corrected chi connectivity index (χ3v) is 6.19. The summed E-state index contributed by atoms with van der Waals surface area (Å²) in [5.41, 5.74) is 1.36. The second-order valence-corrected chi connectivity index (χ2v) is 8.31. The van der Waals surface area contributed by atoms with Crippen molar-refractivity contribution in [3.05, 3.63) is 98.8 Å². The third-order valence-electron chi connectivity index (χ3n) is 6.19. The van der Waals surface area contributed by atoms with Gasteiger partial charge in [0.1, 0.15) is 0 Å². The molecule has 0 saturated carbocycles. The molecule has 2 aliphatic rings. The molecule has 2 amide bonds. The zero-order valence-electron chi connectivity index (χ0n) is 17.5. The van der Waals surface area contributed by atoms with Gasteiger partial charge >= 0.3 is 11.4 Å². The Morgan fingerprint density at radius 1 is 0.938 bits per heavy atom. The van der Waals surface area contributed by atoms with Crippen LogP contribution in [-0.2, 0) is 16.1 Å². The summed E-state index contributed by atoms with van der Waals surface area (Å²) in [4.78, 5) is 52.7. The maximum absolute atomic E-state index is 13.1. The number of H-pyrrole nitrogens is 1. The van der Waals surface area contributed by atoms with E-state index in [1.807, 2.05) is 49.4 Å². The molecule has 1 aliphatic heterocycles. The molecule has 3 atom stereocenters. The number of aromatic nitrogens is 3. The van der Waals surface area contributed by atoms with Gasteiger partial charge in [-0.1, -0.05) is 54.6 Å². The van der Waals surface area contributed by atoms with Gasteiger partial charge in [0.05, 0.1) is 30.1 Å². The smallest absolute Gasteiger partial charge is 0.274 e. The Hall–Kier alpha value is -3.94. The van der Waals surface area contributed by atoms with Gasteiger partial charge in [-0.15, -0.1) is 0 Å². The number of aryl methyl sites for hydroxylation is 1. The van der Waals surface area contributed by atoms with Crippen LogP contribution in [0.25, 0.3) is 0 Å². The number of carbonyl (C=O) groups is 2. The summed E-state index contributed by atoms with van der Waals surface area (Å²) in [5.74, 6) is -1.68. The number of nitrogens with one attached hydrogen (secondary N) is 1. The van der Waals surface area contributed by atoms with Crippen molar-refractivity contribution >= 4 is 17.5 Å². The van der Waals surface area contributed by atoms with E-state index in [4.69, 9.17) is 0 Å². The first-order chi connectivity index (χ1) is 15.4. The monoisotopic (exact) mass is 430 g/mol. The van der Waals surface area contributed by atoms with Gasteiger partial charge < -0.3 is 0 Å². The van der Waals surface area contributed by atoms with Crippen LogP contribution in [0, 0.1) is 18.8 Å². The largest absolute Gasteiger partial charge is 0.347 e. The molecular formula is C24H22N4O4. The number of hydrogen-bond donors (Lipinski definition) is 1. The number of aromatic amines is 1. The summed E-state index contributed by atoms with van der Waals surface area (Å²) < 4.78 is 2.39. The fraction of sp³-hybridized carbons (Fsp3) is 0.250. The first kappa shape index (κ1) is 20.0. The molecule has 0 spiro atoms. The fourth-order valence-electron chi connectivity index (χ4n) is 4.57. The highest BCUT2D eigenvalue weighted by molar-refractivity contribution is 6.22. The Kier molecular flexibility index (Phi) is 4.77. The zero-order valence-corrected chi connectivity index (χ0v) is 17.5. The van der Waals surface area contributed by atoms with Crippen LogP contribution in [0.2, 0.25) is 0 Å². The maximum Gasteiger partial charge on any atom is 0.347 e. The van der Waals surface area contributed by atoms with Crippen molar-refractivity contribution in [3.63, 3.8) is 0 Å². The van der Waals surface area contributed by atoms with E-state index in [1.165, 1.54) is 9.58 Å². The lowest BCUT2D eigenvalue weighted by Gasteiger charge is -2.23. The van der Waals surface area contributed by atoms with Crippen molar-refractivity contribution in [3.8, 4) is 0 Å². The normalized spacial score (nSPS) is 22.4. The van der Waals surface area contributed by atoms with Crippen LogP contribution in [0.3, 0.4) is 0 Å². The molecule has 1 fully saturated rings. The van der Waals surface area contributed by atoms with Crippen molar-refractivity contribution in [2.45, 2.75) is 25.9 Å². The summed E-state index contributed by atoms with van der Waals surface area (Å²) >= 11 is 0. The van der Waals surface area contributed by atoms with Crippen LogP contribution in [-0.4, -0.2) is 26.2 Å². The van der Waals surface area contributed by atoms with Crippen molar-refractivity contribution in [2.24, 2.45) is 11.8 Å². The SMILES string of the molecule is Cc1cccc(N2C(=O)[C@H]3C=C[C@@H](n4[nH]c(=O)n(Cc5ccccc5)c4=O)C[C@H]3C2=O)c1. The molecule has 3 aromatic rings. The van der Waals surface area contributed by atoms with Crippen LogP contribution in [0.1, 0.15) is 23.6 Å². The van der Waals surface area contributed by atoms with Crippen LogP contribution in [0.15, 0.2) is 76.3 Å². The van der Waals surface area contributed by atoms with E-state index in [1.54, 1.807) is 24.3 Å². The van der Waals surface area contributed by atoms with Gasteiger partial charge in [0.2, 0.25) is 11.8 Å². The number of imide groups is 1. The number of amides is 2. The number of rotatable bonds is 4. The van der Waals surface area contributed by atoms with Gasteiger partial charge in [0, 0.05) is 0 Å². The number of benzene rings is 2. The predicted molar refractivity (Wildman–Crippen MR) is 118 cm³/mol. The minimum absolute atomic E-state index is 0.156. The molecule has 2 aromatic carbocycles. The second-order valence-electron chi connectivity index (χ2n) is 8.31. The first-order valence-electron chi connectivity index (χ1n) is 10.5. The van der Waals surface area contributed by atoms with Crippen LogP contribution in [0.4, 0.5) is 5.69 Å². The molecule has 1 aliphatic carbocycles. The van der Waals surface area contributed by atoms with Crippen molar-refractivity contribution in [2.75, 3.05) is 4.90 Å². The minimum Gasteiger partial charge on any atom is -0.274 e. The molecular weight excluding hydrogens is 408 g/mol. The molecule has 1 saturated heterocycles. The first-order valence-corrected chi connectivity index (χ1v) is 10.5. The Labute approximate surface area is 183 Å². The fourth-order valence-corrected chi connectivity index (χ4v) is 4.57. The lowest BCUT2D eigenvalue weighted by molar-refractivity contribution is -0.122. The van der Waals surface area contributed by atoms with E-state index in [0.717, 1.165) is 15.7 Å². The lowest BCUT2D eigenvalue weighted by atomic mass is 9.84. The number of carbonyl (C=O) groups excluding carboxylic acids is 2. The molecule has 0 radical (unpaired) electrons. The Morgan fingerprint density at radius 3 is 2.47 bits per heavy atom. The van der Waals surface area contributed by atoms with E-state index in [0.29, 0.717) is 5.69 Å². The zero-order chi connectivity index (χ0) is 22.4. The highest BCUT2D eigenvalue weighted by atomic mass is 16.2. The van der Waals surface area contributed by atoms with E-state index in [9.17, 15) is 19.2 Å². The quantitative estimate of drug-likeness (QED) is 0.506. The van der Waals surface area contributed by atoms with Crippen LogP contribution in [0.5, 0.6) is 0 Å². The van der Waals surface area contributed by atoms with Gasteiger partial charge in [-0.3, -0.25) is 9.59 Å². The molecule has 0 unspecified atom stereocenters. The summed E-state index contributed by atoms with van der Waals surface area (Å²) in [6, 6.07) is 16.0. The summed E-state index contributed by atoms with van der Waals surface area (Å²) in [6.07, 6.45) is 3.68. The third kappa shape index (κ3) is 3.24. The van der Waals surface area contributed by atoms with Crippen molar-refractivity contribution in [1.29, 1.82) is 0 Å². The van der Waals surface area contributed by atoms with Crippen LogP contribution < -0.4 is 16.3 Å². The lowest BCUT2D eigenvalue weighted by Crippen LogP contribution is -2.33. The highest BCUT2D eigenvalue weighted by Gasteiger charge is 2.49. The Balaban J connectivity index is 1.43. The summed E-state index contributed by atoms with van der Waals surface area (Å²) in [6.45, 7) is 2.06. The molecule has 5 rings (SSSR count). The molecule has 1 N–H and O–H groups in total. The standard InChI is InChI=1S/C24H22N4O4/c1-15-6-5-9-17(12-15)27-21(29)19-11-10-18(13-20(19)22(27)30)28-24(32)26(23(31)25-28)14-16-7-3-2-4-8-16/h2-12,18-20H,13-14H2,1H3,(H,25,31)/t18-,19+,20-/m1/s1. The van der Waals surface area contributed by atoms with Gasteiger partial charge in [0.25, 0.3) is 0 Å². The number of anilines is 1. The molecule has 0 bridgehead atoms. The molecule has 8 heteroatoms. The molecule has 8 nitrogen and oxygen atoms in total. The number of allylic oxidation sites excluding steroid dienone is 1. The molecule has 32 heavy (non-hydrogen) atoms. The van der Waals surface area contributed by atoms with E-state index in [-0.39, 0.29) is 24.8 Å².